The van der Waals surface area contributed by atoms with Gasteiger partial charge in [-0.05, 0) is 72.9 Å². The van der Waals surface area contributed by atoms with Crippen LogP contribution in [-0.4, -0.2) is 37.6 Å². The van der Waals surface area contributed by atoms with Crippen LogP contribution in [-0.2, 0) is 0 Å². The molecule has 1 saturated heterocycles. The van der Waals surface area contributed by atoms with Crippen molar-refractivity contribution in [3.8, 4) is 0 Å². The van der Waals surface area contributed by atoms with Gasteiger partial charge in [0.1, 0.15) is 0 Å². The lowest BCUT2D eigenvalue weighted by molar-refractivity contribution is 0.323. The van der Waals surface area contributed by atoms with Crippen LogP contribution in [0, 0.1) is 0 Å². The van der Waals surface area contributed by atoms with Gasteiger partial charge in [0, 0.05) is 19.6 Å². The van der Waals surface area contributed by atoms with Crippen molar-refractivity contribution < 1.29 is 0 Å². The van der Waals surface area contributed by atoms with E-state index in [4.69, 9.17) is 0 Å². The number of rotatable bonds is 8. The van der Waals surface area contributed by atoms with Gasteiger partial charge in [0.05, 0.1) is 0 Å². The lowest BCUT2D eigenvalue weighted by Gasteiger charge is -2.17. The van der Waals surface area contributed by atoms with E-state index in [9.17, 15) is 0 Å². The molecule has 0 radical (unpaired) electrons. The van der Waals surface area contributed by atoms with Gasteiger partial charge in [-0.25, -0.2) is 0 Å². The molecular weight excluding hydrogens is 268 g/mol. The minimum Gasteiger partial charge on any atom is -0.315 e. The molecule has 0 aromatic heterocycles. The summed E-state index contributed by atoms with van der Waals surface area (Å²) in [6.45, 7) is 14.8. The van der Waals surface area contributed by atoms with E-state index in [1.54, 1.807) is 0 Å². The quantitative estimate of drug-likeness (QED) is 0.654. The smallest absolute Gasteiger partial charge is 0.0166 e. The number of allylic oxidation sites excluding steroid dienone is 5. The standard InChI is InChI=1S/C20H36N2/c1-18(2)8-5-9-19(3)10-6-11-20(4)12-16-22-15-7-13-21-14-17-22/h8,10,12,21H,5-7,9,11,13-17H2,1-4H3/b19-10+,20-12+. The molecule has 1 aliphatic heterocycles. The van der Waals surface area contributed by atoms with Gasteiger partial charge < -0.3 is 5.32 Å². The maximum absolute atomic E-state index is 3.46. The van der Waals surface area contributed by atoms with Gasteiger partial charge in [-0.3, -0.25) is 4.90 Å². The van der Waals surface area contributed by atoms with Crippen molar-refractivity contribution in [1.29, 1.82) is 0 Å². The van der Waals surface area contributed by atoms with Crippen LogP contribution in [0.4, 0.5) is 0 Å². The Hall–Kier alpha value is -0.860. The molecular formula is C20H36N2. The van der Waals surface area contributed by atoms with Crippen molar-refractivity contribution in [3.05, 3.63) is 34.9 Å². The summed E-state index contributed by atoms with van der Waals surface area (Å²) >= 11 is 0. The molecule has 1 N–H and O–H groups in total. The Morgan fingerprint density at radius 1 is 0.864 bits per heavy atom. The maximum Gasteiger partial charge on any atom is 0.0166 e. The molecule has 0 saturated carbocycles. The molecule has 1 heterocycles. The number of hydrogen-bond donors (Lipinski definition) is 1. The van der Waals surface area contributed by atoms with Gasteiger partial charge in [-0.15, -0.1) is 0 Å². The summed E-state index contributed by atoms with van der Waals surface area (Å²) in [4.78, 5) is 2.56. The SMILES string of the molecule is CC(C)=CCC/C(C)=C/CC/C(C)=C/CN1CCCNCC1. The van der Waals surface area contributed by atoms with E-state index in [0.29, 0.717) is 0 Å². The minimum absolute atomic E-state index is 1.12. The fourth-order valence-corrected chi connectivity index (χ4v) is 2.71. The molecule has 1 aliphatic rings. The van der Waals surface area contributed by atoms with Gasteiger partial charge in [-0.2, -0.15) is 0 Å². The first-order valence-electron chi connectivity index (χ1n) is 8.95. The van der Waals surface area contributed by atoms with Crippen molar-refractivity contribution in [2.24, 2.45) is 0 Å². The van der Waals surface area contributed by atoms with Crippen LogP contribution in [0.25, 0.3) is 0 Å². The first-order valence-corrected chi connectivity index (χ1v) is 8.95. The first kappa shape index (κ1) is 19.2. The van der Waals surface area contributed by atoms with Crippen LogP contribution in [0.15, 0.2) is 34.9 Å². The molecule has 0 bridgehead atoms. The van der Waals surface area contributed by atoms with Gasteiger partial charge in [0.2, 0.25) is 0 Å². The molecule has 2 nitrogen and oxygen atoms in total. The molecule has 2 heteroatoms. The van der Waals surface area contributed by atoms with E-state index in [-0.39, 0.29) is 0 Å². The zero-order chi connectivity index (χ0) is 16.2. The summed E-state index contributed by atoms with van der Waals surface area (Å²) in [5, 5.41) is 3.46. The van der Waals surface area contributed by atoms with Crippen molar-refractivity contribution >= 4 is 0 Å². The van der Waals surface area contributed by atoms with E-state index in [1.807, 2.05) is 0 Å². The summed E-state index contributed by atoms with van der Waals surface area (Å²) < 4.78 is 0. The van der Waals surface area contributed by atoms with Crippen molar-refractivity contribution in [2.45, 2.75) is 59.8 Å². The third kappa shape index (κ3) is 9.97. The summed E-state index contributed by atoms with van der Waals surface area (Å²) in [5.41, 5.74) is 4.49. The van der Waals surface area contributed by atoms with Gasteiger partial charge in [0.25, 0.3) is 0 Å². The summed E-state index contributed by atoms with van der Waals surface area (Å²) in [7, 11) is 0. The highest BCUT2D eigenvalue weighted by atomic mass is 15.1. The Kier molecular flexibility index (Phi) is 10.2. The molecule has 0 spiro atoms. The monoisotopic (exact) mass is 304 g/mol. The van der Waals surface area contributed by atoms with E-state index in [2.05, 4.69) is 56.1 Å². The molecule has 0 amide bonds. The molecule has 0 aliphatic carbocycles. The highest BCUT2D eigenvalue weighted by Crippen LogP contribution is 2.11. The average molecular weight is 305 g/mol. The zero-order valence-corrected chi connectivity index (χ0v) is 15.3. The predicted octanol–water partition coefficient (Wildman–Crippen LogP) is 4.70. The topological polar surface area (TPSA) is 15.3 Å². The Morgan fingerprint density at radius 2 is 1.55 bits per heavy atom. The lowest BCUT2D eigenvalue weighted by Crippen LogP contribution is -2.28. The summed E-state index contributed by atoms with van der Waals surface area (Å²) in [6.07, 6.45) is 13.2. The lowest BCUT2D eigenvalue weighted by atomic mass is 10.1. The third-order valence-electron chi connectivity index (χ3n) is 4.25. The molecule has 22 heavy (non-hydrogen) atoms. The maximum atomic E-state index is 3.46. The first-order chi connectivity index (χ1) is 10.6. The molecule has 0 aromatic rings. The Labute approximate surface area is 138 Å². The Balaban J connectivity index is 2.21. The van der Waals surface area contributed by atoms with E-state index in [1.165, 1.54) is 68.5 Å². The number of nitrogens with zero attached hydrogens (tertiary/aromatic N) is 1. The predicted molar refractivity (Wildman–Crippen MR) is 99.3 cm³/mol. The zero-order valence-electron chi connectivity index (χ0n) is 15.3. The molecule has 1 fully saturated rings. The van der Waals surface area contributed by atoms with E-state index >= 15 is 0 Å². The highest BCUT2D eigenvalue weighted by Gasteiger charge is 2.06. The van der Waals surface area contributed by atoms with Crippen LogP contribution in [0.2, 0.25) is 0 Å². The summed E-state index contributed by atoms with van der Waals surface area (Å²) in [5.74, 6) is 0. The molecule has 1 rings (SSSR count). The Morgan fingerprint density at radius 3 is 2.27 bits per heavy atom. The largest absolute Gasteiger partial charge is 0.315 e. The van der Waals surface area contributed by atoms with Crippen LogP contribution >= 0.6 is 0 Å². The molecule has 0 atom stereocenters. The van der Waals surface area contributed by atoms with Crippen molar-refractivity contribution in [1.82, 2.24) is 10.2 Å². The average Bonchev–Trinajstić information content (AvgIpc) is 2.73. The van der Waals surface area contributed by atoms with E-state index < -0.39 is 0 Å². The second-order valence-electron chi connectivity index (χ2n) is 6.86. The van der Waals surface area contributed by atoms with Crippen LogP contribution in [0.1, 0.15) is 59.8 Å². The van der Waals surface area contributed by atoms with Crippen LogP contribution in [0.3, 0.4) is 0 Å². The van der Waals surface area contributed by atoms with Crippen molar-refractivity contribution in [3.63, 3.8) is 0 Å². The fraction of sp³-hybridized carbons (Fsp3) is 0.700. The van der Waals surface area contributed by atoms with E-state index in [0.717, 1.165) is 13.1 Å². The van der Waals surface area contributed by atoms with Crippen LogP contribution < -0.4 is 5.32 Å². The molecule has 0 unspecified atom stereocenters. The normalized spacial score (nSPS) is 18.2. The van der Waals surface area contributed by atoms with Gasteiger partial charge in [0.15, 0.2) is 0 Å². The van der Waals surface area contributed by atoms with Gasteiger partial charge >= 0.3 is 0 Å². The molecule has 0 aromatic carbocycles. The summed E-state index contributed by atoms with van der Waals surface area (Å²) in [6, 6.07) is 0. The highest BCUT2D eigenvalue weighted by molar-refractivity contribution is 5.06. The molecule has 126 valence electrons. The van der Waals surface area contributed by atoms with Crippen molar-refractivity contribution in [2.75, 3.05) is 32.7 Å². The fourth-order valence-electron chi connectivity index (χ4n) is 2.71. The second kappa shape index (κ2) is 11.7. The number of hydrogen-bond acceptors (Lipinski definition) is 2. The third-order valence-corrected chi connectivity index (χ3v) is 4.25. The number of nitrogens with one attached hydrogen (secondary N) is 1. The minimum atomic E-state index is 1.12. The Bertz CT molecular complexity index is 379. The van der Waals surface area contributed by atoms with Gasteiger partial charge in [-0.1, -0.05) is 34.9 Å². The van der Waals surface area contributed by atoms with Crippen LogP contribution in [0.5, 0.6) is 0 Å². The second-order valence-corrected chi connectivity index (χ2v) is 6.86.